The topological polar surface area (TPSA) is 59.0 Å². The number of likely N-dealkylation sites (N-methyl/N-ethyl adjacent to an activating group) is 1. The number of hydrogen-bond acceptors (Lipinski definition) is 5. The van der Waals surface area contributed by atoms with Crippen molar-refractivity contribution in [2.45, 2.75) is 46.3 Å². The molecule has 0 atom stereocenters. The van der Waals surface area contributed by atoms with E-state index >= 15 is 0 Å². The molecule has 166 valence electrons. The summed E-state index contributed by atoms with van der Waals surface area (Å²) >= 11 is 0. The third kappa shape index (κ3) is 8.64. The zero-order valence-electron chi connectivity index (χ0n) is 19.0. The second kappa shape index (κ2) is 13.2. The first-order valence-electron chi connectivity index (χ1n) is 10.5. The largest absolute Gasteiger partial charge is 0.355 e. The molecule has 0 saturated carbocycles. The highest BCUT2D eigenvalue weighted by molar-refractivity contribution is 14.0. The Balaban J connectivity index is 0.00000420. The van der Waals surface area contributed by atoms with E-state index in [9.17, 15) is 0 Å². The van der Waals surface area contributed by atoms with E-state index in [-0.39, 0.29) is 24.0 Å². The summed E-state index contributed by atoms with van der Waals surface area (Å²) in [5.41, 5.74) is 1.16. The van der Waals surface area contributed by atoms with Crippen LogP contribution in [0.1, 0.15) is 33.3 Å². The Morgan fingerprint density at radius 2 is 1.76 bits per heavy atom. The molecule has 0 unspecified atom stereocenters. The summed E-state index contributed by atoms with van der Waals surface area (Å²) in [7, 11) is 3.98. The van der Waals surface area contributed by atoms with Crippen molar-refractivity contribution in [2.24, 2.45) is 4.99 Å². The molecule has 1 saturated heterocycles. The van der Waals surface area contributed by atoms with Gasteiger partial charge in [0.1, 0.15) is 5.82 Å². The molecule has 2 heterocycles. The molecule has 1 fully saturated rings. The number of nitrogens with one attached hydrogen (secondary N) is 2. The van der Waals surface area contributed by atoms with Crippen LogP contribution in [0.25, 0.3) is 0 Å². The molecule has 2 N–H and O–H groups in total. The van der Waals surface area contributed by atoms with E-state index in [4.69, 9.17) is 0 Å². The summed E-state index contributed by atoms with van der Waals surface area (Å²) < 4.78 is 0. The van der Waals surface area contributed by atoms with Gasteiger partial charge in [-0.3, -0.25) is 9.89 Å². The van der Waals surface area contributed by atoms with Gasteiger partial charge in [0, 0.05) is 71.1 Å². The fraction of sp³-hybridized carbons (Fsp3) is 0.714. The number of piperazine rings is 1. The van der Waals surface area contributed by atoms with Gasteiger partial charge in [0.15, 0.2) is 5.96 Å². The molecule has 29 heavy (non-hydrogen) atoms. The molecule has 0 spiro atoms. The van der Waals surface area contributed by atoms with Gasteiger partial charge >= 0.3 is 0 Å². The average Bonchev–Trinajstić information content (AvgIpc) is 2.68. The van der Waals surface area contributed by atoms with Crippen molar-refractivity contribution in [2.75, 3.05) is 58.3 Å². The highest BCUT2D eigenvalue weighted by Gasteiger charge is 2.15. The molecule has 0 bridgehead atoms. The number of nitrogens with zero attached hydrogens (tertiary/aromatic N) is 5. The number of aromatic nitrogens is 1. The van der Waals surface area contributed by atoms with E-state index < -0.39 is 0 Å². The number of rotatable bonds is 8. The van der Waals surface area contributed by atoms with Crippen molar-refractivity contribution >= 4 is 35.8 Å². The Morgan fingerprint density at radius 1 is 1.10 bits per heavy atom. The van der Waals surface area contributed by atoms with E-state index in [1.54, 1.807) is 0 Å². The number of guanidine groups is 1. The molecule has 0 aliphatic carbocycles. The smallest absolute Gasteiger partial charge is 0.191 e. The van der Waals surface area contributed by atoms with E-state index in [0.29, 0.717) is 18.6 Å². The minimum absolute atomic E-state index is 0. The van der Waals surface area contributed by atoms with Crippen LogP contribution in [-0.2, 0) is 6.54 Å². The Bertz CT molecular complexity index is 588. The third-order valence-electron chi connectivity index (χ3n) is 5.31. The molecule has 1 aliphatic heterocycles. The summed E-state index contributed by atoms with van der Waals surface area (Å²) in [6.07, 6.45) is 1.97. The lowest BCUT2D eigenvalue weighted by atomic mass is 10.2. The van der Waals surface area contributed by atoms with Crippen LogP contribution in [0.2, 0.25) is 0 Å². The van der Waals surface area contributed by atoms with Crippen molar-refractivity contribution in [1.82, 2.24) is 25.4 Å². The summed E-state index contributed by atoms with van der Waals surface area (Å²) in [6.45, 7) is 15.8. The molecule has 0 aromatic carbocycles. The molecule has 7 nitrogen and oxygen atoms in total. The van der Waals surface area contributed by atoms with Crippen LogP contribution in [-0.4, -0.2) is 86.2 Å². The normalized spacial score (nSPS) is 15.8. The maximum Gasteiger partial charge on any atom is 0.191 e. The highest BCUT2D eigenvalue weighted by atomic mass is 127. The molecule has 1 aliphatic rings. The summed E-state index contributed by atoms with van der Waals surface area (Å²) in [4.78, 5) is 16.2. The van der Waals surface area contributed by atoms with E-state index in [2.05, 4.69) is 82.2 Å². The van der Waals surface area contributed by atoms with Gasteiger partial charge in [-0.15, -0.1) is 24.0 Å². The quantitative estimate of drug-likeness (QED) is 0.314. The monoisotopic (exact) mass is 517 g/mol. The van der Waals surface area contributed by atoms with E-state index in [0.717, 1.165) is 56.6 Å². The second-order valence-corrected chi connectivity index (χ2v) is 8.09. The first-order chi connectivity index (χ1) is 13.4. The number of pyridine rings is 1. The summed E-state index contributed by atoms with van der Waals surface area (Å²) in [6, 6.07) is 5.37. The SMILES string of the molecule is CN=C(NCCN(C(C)C)C(C)C)NCc1ccc(N2CCN(C)CC2)nc1.I. The van der Waals surface area contributed by atoms with E-state index in [1.165, 1.54) is 0 Å². The third-order valence-corrected chi connectivity index (χ3v) is 5.31. The zero-order valence-corrected chi connectivity index (χ0v) is 21.3. The Kier molecular flexibility index (Phi) is 11.8. The van der Waals surface area contributed by atoms with Gasteiger partial charge < -0.3 is 20.4 Å². The number of hydrogen-bond donors (Lipinski definition) is 2. The van der Waals surface area contributed by atoms with Gasteiger partial charge in [0.25, 0.3) is 0 Å². The summed E-state index contributed by atoms with van der Waals surface area (Å²) in [5, 5.41) is 6.79. The maximum atomic E-state index is 4.66. The number of anilines is 1. The Hall–Kier alpha value is -1.13. The van der Waals surface area contributed by atoms with Crippen LogP contribution in [0.3, 0.4) is 0 Å². The minimum atomic E-state index is 0. The lowest BCUT2D eigenvalue weighted by Crippen LogP contribution is -2.45. The van der Waals surface area contributed by atoms with Crippen LogP contribution in [0.5, 0.6) is 0 Å². The highest BCUT2D eigenvalue weighted by Crippen LogP contribution is 2.13. The van der Waals surface area contributed by atoms with Crippen LogP contribution < -0.4 is 15.5 Å². The first-order valence-corrected chi connectivity index (χ1v) is 10.5. The lowest BCUT2D eigenvalue weighted by molar-refractivity contribution is 0.178. The fourth-order valence-electron chi connectivity index (χ4n) is 3.57. The van der Waals surface area contributed by atoms with Crippen molar-refractivity contribution < 1.29 is 0 Å². The predicted molar refractivity (Wildman–Crippen MR) is 135 cm³/mol. The molecule has 0 radical (unpaired) electrons. The second-order valence-electron chi connectivity index (χ2n) is 8.09. The Morgan fingerprint density at radius 3 is 2.28 bits per heavy atom. The molecule has 0 amide bonds. The first kappa shape index (κ1) is 25.9. The van der Waals surface area contributed by atoms with Gasteiger partial charge in [-0.25, -0.2) is 4.98 Å². The van der Waals surface area contributed by atoms with Crippen molar-refractivity contribution in [3.05, 3.63) is 23.9 Å². The van der Waals surface area contributed by atoms with Crippen LogP contribution >= 0.6 is 24.0 Å². The van der Waals surface area contributed by atoms with Crippen LogP contribution in [0.15, 0.2) is 23.3 Å². The molecule has 1 aromatic rings. The van der Waals surface area contributed by atoms with Crippen molar-refractivity contribution in [3.8, 4) is 0 Å². The fourth-order valence-corrected chi connectivity index (χ4v) is 3.57. The van der Waals surface area contributed by atoms with E-state index in [1.807, 2.05) is 13.2 Å². The summed E-state index contributed by atoms with van der Waals surface area (Å²) in [5.74, 6) is 1.90. The van der Waals surface area contributed by atoms with Crippen LogP contribution in [0, 0.1) is 0 Å². The number of halogens is 1. The van der Waals surface area contributed by atoms with Crippen LogP contribution in [0.4, 0.5) is 5.82 Å². The zero-order chi connectivity index (χ0) is 20.5. The lowest BCUT2D eigenvalue weighted by Gasteiger charge is -2.33. The molecule has 1 aromatic heterocycles. The Labute approximate surface area is 194 Å². The van der Waals surface area contributed by atoms with Gasteiger partial charge in [-0.2, -0.15) is 0 Å². The standard InChI is InChI=1S/C21H39N7.HI/c1-17(2)28(18(3)4)10-9-23-21(22-5)25-16-19-7-8-20(24-15-19)27-13-11-26(6)12-14-27;/h7-8,15,17-18H,9-14,16H2,1-6H3,(H2,22,23,25);1H. The van der Waals surface area contributed by atoms with Gasteiger partial charge in [0.05, 0.1) is 0 Å². The molecule has 8 heteroatoms. The van der Waals surface area contributed by atoms with Gasteiger partial charge in [-0.05, 0) is 46.4 Å². The average molecular weight is 518 g/mol. The molecule has 2 rings (SSSR count). The van der Waals surface area contributed by atoms with Crippen molar-refractivity contribution in [1.29, 1.82) is 0 Å². The predicted octanol–water partition coefficient (Wildman–Crippen LogP) is 2.24. The van der Waals surface area contributed by atoms with Crippen molar-refractivity contribution in [3.63, 3.8) is 0 Å². The number of aliphatic imine (C=N–C) groups is 1. The molecular weight excluding hydrogens is 477 g/mol. The maximum absolute atomic E-state index is 4.66. The minimum Gasteiger partial charge on any atom is -0.355 e. The molecular formula is C21H40IN7. The van der Waals surface area contributed by atoms with Gasteiger partial charge in [-0.1, -0.05) is 6.07 Å². The van der Waals surface area contributed by atoms with Gasteiger partial charge in [0.2, 0.25) is 0 Å².